The summed E-state index contributed by atoms with van der Waals surface area (Å²) in [6.07, 6.45) is -0.118. The van der Waals surface area contributed by atoms with Crippen molar-refractivity contribution in [3.05, 3.63) is 54.1 Å². The van der Waals surface area contributed by atoms with E-state index in [0.717, 1.165) is 6.26 Å². The summed E-state index contributed by atoms with van der Waals surface area (Å²) in [4.78, 5) is 11.2. The summed E-state index contributed by atoms with van der Waals surface area (Å²) in [6.45, 7) is 1.38. The van der Waals surface area contributed by atoms with Crippen molar-refractivity contribution in [3.8, 4) is 17.2 Å². The minimum Gasteiger partial charge on any atom is -0.505 e. The van der Waals surface area contributed by atoms with Crippen molar-refractivity contribution in [2.75, 3.05) is 13.4 Å². The first-order chi connectivity index (χ1) is 15.5. The van der Waals surface area contributed by atoms with E-state index in [2.05, 4.69) is 10.2 Å². The molecule has 0 spiro atoms. The number of hydrogen-bond donors (Lipinski definition) is 3. The van der Waals surface area contributed by atoms with Crippen LogP contribution in [0.4, 0.5) is 11.4 Å². The van der Waals surface area contributed by atoms with E-state index in [1.807, 2.05) is 0 Å². The number of carboxylic acid groups (broad SMARTS) is 1. The monoisotopic (exact) mass is 473 g/mol. The molecule has 0 aliphatic carbocycles. The standard InChI is InChI=1S/C22H23N3O7S/c1-12(22(27)28)32-19-11-17(20(26)15-7-5-4-6-14(15)19)25-24-16-10-13(8-9-18(16)31-2)21(23)33(3,29)30/h4-12,21,26H,23H2,1-3H3,(H,27,28)/b25-24+. The number of nitrogens with zero attached hydrogens (tertiary/aromatic N) is 2. The van der Waals surface area contributed by atoms with Crippen molar-refractivity contribution < 1.29 is 32.9 Å². The second-order valence-corrected chi connectivity index (χ2v) is 9.43. The van der Waals surface area contributed by atoms with E-state index in [1.54, 1.807) is 24.3 Å². The van der Waals surface area contributed by atoms with Gasteiger partial charge in [-0.25, -0.2) is 13.2 Å². The minimum absolute atomic E-state index is 0.0150. The van der Waals surface area contributed by atoms with Crippen LogP contribution in [0.2, 0.25) is 0 Å². The second-order valence-electron chi connectivity index (χ2n) is 7.27. The first kappa shape index (κ1) is 24.0. The summed E-state index contributed by atoms with van der Waals surface area (Å²) in [5.41, 5.74) is 6.30. The zero-order valence-corrected chi connectivity index (χ0v) is 18.9. The number of nitrogens with two attached hydrogens (primary N) is 1. The van der Waals surface area contributed by atoms with Gasteiger partial charge < -0.3 is 25.4 Å². The molecule has 0 saturated heterocycles. The van der Waals surface area contributed by atoms with Gasteiger partial charge in [-0.15, -0.1) is 10.2 Å². The molecular weight excluding hydrogens is 450 g/mol. The smallest absolute Gasteiger partial charge is 0.344 e. The molecule has 3 aromatic rings. The van der Waals surface area contributed by atoms with Gasteiger partial charge in [0.05, 0.1) is 7.11 Å². The molecule has 0 radical (unpaired) electrons. The number of sulfone groups is 1. The Kier molecular flexibility index (Phi) is 6.84. The Hall–Kier alpha value is -3.70. The van der Waals surface area contributed by atoms with Crippen molar-refractivity contribution in [1.82, 2.24) is 0 Å². The number of ether oxygens (including phenoxy) is 2. The molecule has 33 heavy (non-hydrogen) atoms. The van der Waals surface area contributed by atoms with Crippen molar-refractivity contribution in [1.29, 1.82) is 0 Å². The van der Waals surface area contributed by atoms with Crippen molar-refractivity contribution in [2.24, 2.45) is 16.0 Å². The van der Waals surface area contributed by atoms with Crippen molar-refractivity contribution in [3.63, 3.8) is 0 Å². The Morgan fingerprint density at radius 2 is 1.67 bits per heavy atom. The van der Waals surface area contributed by atoms with E-state index in [9.17, 15) is 23.4 Å². The summed E-state index contributed by atoms with van der Waals surface area (Å²) in [5, 5.41) is 27.7. The average molecular weight is 474 g/mol. The van der Waals surface area contributed by atoms with Crippen molar-refractivity contribution >= 4 is 38.0 Å². The predicted octanol–water partition coefficient (Wildman–Crippen LogP) is 3.82. The maximum atomic E-state index is 11.8. The highest BCUT2D eigenvalue weighted by molar-refractivity contribution is 7.90. The van der Waals surface area contributed by atoms with Gasteiger partial charge in [-0.1, -0.05) is 30.3 Å². The third kappa shape index (κ3) is 5.21. The number of aliphatic carboxylic acids is 1. The van der Waals surface area contributed by atoms with Gasteiger partial charge in [0.25, 0.3) is 0 Å². The molecule has 2 atom stereocenters. The molecule has 2 unspecified atom stereocenters. The van der Waals surface area contributed by atoms with Gasteiger partial charge in [0.1, 0.15) is 28.2 Å². The molecule has 11 heteroatoms. The highest BCUT2D eigenvalue weighted by Gasteiger charge is 2.20. The van der Waals surface area contributed by atoms with E-state index in [0.29, 0.717) is 16.5 Å². The van der Waals surface area contributed by atoms with Gasteiger partial charge in [-0.3, -0.25) is 0 Å². The van der Waals surface area contributed by atoms with Crippen molar-refractivity contribution in [2.45, 2.75) is 18.4 Å². The number of hydrogen-bond acceptors (Lipinski definition) is 9. The summed E-state index contributed by atoms with van der Waals surface area (Å²) in [6, 6.07) is 12.6. The van der Waals surface area contributed by atoms with Crippen LogP contribution in [0.5, 0.6) is 17.2 Å². The maximum Gasteiger partial charge on any atom is 0.344 e. The molecule has 0 bridgehead atoms. The molecule has 3 rings (SSSR count). The number of fused-ring (bicyclic) bond motifs is 1. The van der Waals surface area contributed by atoms with Crippen LogP contribution in [0, 0.1) is 0 Å². The van der Waals surface area contributed by atoms with Gasteiger partial charge in [0, 0.05) is 23.1 Å². The highest BCUT2D eigenvalue weighted by Crippen LogP contribution is 2.42. The van der Waals surface area contributed by atoms with Crippen LogP contribution >= 0.6 is 0 Å². The number of carbonyl (C=O) groups is 1. The van der Waals surface area contributed by atoms with Crippen LogP contribution < -0.4 is 15.2 Å². The third-order valence-corrected chi connectivity index (χ3v) is 6.06. The minimum atomic E-state index is -3.55. The zero-order valence-electron chi connectivity index (χ0n) is 18.1. The van der Waals surface area contributed by atoms with Gasteiger partial charge >= 0.3 is 5.97 Å². The van der Waals surface area contributed by atoms with Gasteiger partial charge in [-0.05, 0) is 24.6 Å². The number of methoxy groups -OCH3 is 1. The van der Waals surface area contributed by atoms with E-state index in [4.69, 9.17) is 15.2 Å². The van der Waals surface area contributed by atoms with E-state index < -0.39 is 27.3 Å². The lowest BCUT2D eigenvalue weighted by Gasteiger charge is -2.15. The fourth-order valence-corrected chi connectivity index (χ4v) is 3.69. The molecule has 0 amide bonds. The van der Waals surface area contributed by atoms with E-state index in [-0.39, 0.29) is 28.4 Å². The molecule has 0 aliphatic heterocycles. The number of phenolic OH excluding ortho intramolecular Hbond substituents is 1. The lowest BCUT2D eigenvalue weighted by molar-refractivity contribution is -0.144. The van der Waals surface area contributed by atoms with Gasteiger partial charge in [0.15, 0.2) is 21.7 Å². The molecule has 174 valence electrons. The van der Waals surface area contributed by atoms with Crippen LogP contribution in [0.1, 0.15) is 17.9 Å². The number of carboxylic acids is 1. The molecule has 3 aromatic carbocycles. The van der Waals surface area contributed by atoms with Crippen LogP contribution in [0.25, 0.3) is 10.8 Å². The fourth-order valence-electron chi connectivity index (χ4n) is 3.04. The number of azo groups is 1. The molecule has 0 saturated carbocycles. The third-order valence-electron chi connectivity index (χ3n) is 4.87. The Labute approximate surface area is 190 Å². The number of benzene rings is 3. The lowest BCUT2D eigenvalue weighted by Crippen LogP contribution is -2.22. The van der Waals surface area contributed by atoms with E-state index in [1.165, 1.54) is 38.3 Å². The normalized spacial score (nSPS) is 13.7. The fraction of sp³-hybridized carbons (Fsp3) is 0.227. The quantitative estimate of drug-likeness (QED) is 0.416. The molecular formula is C22H23N3O7S. The summed E-state index contributed by atoms with van der Waals surface area (Å²) in [7, 11) is -2.14. The van der Waals surface area contributed by atoms with Gasteiger partial charge in [-0.2, -0.15) is 0 Å². The van der Waals surface area contributed by atoms with E-state index >= 15 is 0 Å². The lowest BCUT2D eigenvalue weighted by atomic mass is 10.1. The predicted molar refractivity (Wildman–Crippen MR) is 122 cm³/mol. The van der Waals surface area contributed by atoms with Crippen LogP contribution in [-0.4, -0.2) is 44.1 Å². The average Bonchev–Trinajstić information content (AvgIpc) is 2.78. The Morgan fingerprint density at radius 3 is 2.27 bits per heavy atom. The Bertz CT molecular complexity index is 1340. The number of aromatic hydroxyl groups is 1. The molecule has 0 fully saturated rings. The van der Waals surface area contributed by atoms with Crippen LogP contribution in [0.15, 0.2) is 58.8 Å². The Balaban J connectivity index is 2.10. The molecule has 4 N–H and O–H groups in total. The molecule has 0 heterocycles. The SMILES string of the molecule is COc1ccc(C(N)S(C)(=O)=O)cc1/N=N/c1cc(OC(C)C(=O)O)c2ccccc2c1O. The maximum absolute atomic E-state index is 11.8. The topological polar surface area (TPSA) is 161 Å². The Morgan fingerprint density at radius 1 is 1.03 bits per heavy atom. The molecule has 0 aromatic heterocycles. The number of phenols is 1. The number of rotatable bonds is 8. The highest BCUT2D eigenvalue weighted by atomic mass is 32.2. The first-order valence-corrected chi connectivity index (χ1v) is 11.7. The summed E-state index contributed by atoms with van der Waals surface area (Å²) in [5.74, 6) is -0.835. The van der Waals surface area contributed by atoms with Crippen LogP contribution in [0.3, 0.4) is 0 Å². The second kappa shape index (κ2) is 9.43. The molecule has 0 aliphatic rings. The summed E-state index contributed by atoms with van der Waals surface area (Å²) >= 11 is 0. The zero-order chi connectivity index (χ0) is 24.3. The molecule has 10 nitrogen and oxygen atoms in total. The summed E-state index contributed by atoms with van der Waals surface area (Å²) < 4.78 is 34.5. The first-order valence-electron chi connectivity index (χ1n) is 9.71. The largest absolute Gasteiger partial charge is 0.505 e. The van der Waals surface area contributed by atoms with Crippen LogP contribution in [-0.2, 0) is 14.6 Å². The van der Waals surface area contributed by atoms with Gasteiger partial charge in [0.2, 0.25) is 0 Å².